The van der Waals surface area contributed by atoms with Gasteiger partial charge in [-0.05, 0) is 67.4 Å². The van der Waals surface area contributed by atoms with E-state index in [0.717, 1.165) is 43.7 Å². The maximum atomic E-state index is 13.5. The van der Waals surface area contributed by atoms with Crippen molar-refractivity contribution in [3.8, 4) is 0 Å². The number of aromatic nitrogens is 1. The molecule has 0 N–H and O–H groups in total. The number of benzene rings is 2. The smallest absolute Gasteiger partial charge is 0.258 e. The van der Waals surface area contributed by atoms with Gasteiger partial charge < -0.3 is 4.90 Å². The third-order valence-corrected chi connectivity index (χ3v) is 7.45. The van der Waals surface area contributed by atoms with Gasteiger partial charge in [-0.25, -0.2) is 4.98 Å². The number of halogens is 3. The molecule has 0 unspecified atom stereocenters. The Morgan fingerprint density at radius 1 is 0.971 bits per heavy atom. The van der Waals surface area contributed by atoms with E-state index in [2.05, 4.69) is 34.2 Å². The van der Waals surface area contributed by atoms with Gasteiger partial charge in [0.2, 0.25) is 0 Å². The molecule has 34 heavy (non-hydrogen) atoms. The van der Waals surface area contributed by atoms with Crippen molar-refractivity contribution in [2.75, 3.05) is 31.1 Å². The average Bonchev–Trinajstić information content (AvgIpc) is 3.13. The largest absolute Gasteiger partial charge is 0.307 e. The number of anilines is 1. The van der Waals surface area contributed by atoms with E-state index in [4.69, 9.17) is 34.8 Å². The summed E-state index contributed by atoms with van der Waals surface area (Å²) in [5, 5.41) is 1.10. The fourth-order valence-electron chi connectivity index (χ4n) is 5.06. The number of piperidine rings is 1. The Labute approximate surface area is 214 Å². The van der Waals surface area contributed by atoms with Crippen LogP contribution < -0.4 is 4.90 Å². The van der Waals surface area contributed by atoms with Crippen molar-refractivity contribution in [1.82, 2.24) is 9.88 Å². The van der Waals surface area contributed by atoms with Crippen LogP contribution in [-0.2, 0) is 5.41 Å². The molecule has 3 heterocycles. The summed E-state index contributed by atoms with van der Waals surface area (Å²) in [6, 6.07) is 19.3. The molecular formula is C27H24Cl3N3O. The summed E-state index contributed by atoms with van der Waals surface area (Å²) in [4.78, 5) is 21.8. The number of likely N-dealkylation sites (tertiary alicyclic amines) is 1. The highest BCUT2D eigenvalue weighted by atomic mass is 35.5. The van der Waals surface area contributed by atoms with Gasteiger partial charge >= 0.3 is 0 Å². The number of hydrogen-bond donors (Lipinski definition) is 0. The standard InChI is InChI=1S/C27H24Cl3N3O/c28-21-8-9-23-22(17-21)27(18-33(23)26(34)20-15-24(29)31-25(30)16-20)10-13-32(14-11-27)12-4-7-19-5-2-1-3-6-19/h1-9,15-17H,10-14,18H2. The lowest BCUT2D eigenvalue weighted by atomic mass is 9.74. The van der Waals surface area contributed by atoms with Crippen LogP contribution in [0.25, 0.3) is 6.08 Å². The van der Waals surface area contributed by atoms with Crippen LogP contribution in [0.4, 0.5) is 5.69 Å². The van der Waals surface area contributed by atoms with E-state index < -0.39 is 0 Å². The Bertz CT molecular complexity index is 1220. The highest BCUT2D eigenvalue weighted by Crippen LogP contribution is 2.48. The maximum absolute atomic E-state index is 13.5. The van der Waals surface area contributed by atoms with Crippen LogP contribution in [0.2, 0.25) is 15.3 Å². The zero-order chi connectivity index (χ0) is 23.7. The van der Waals surface area contributed by atoms with E-state index in [-0.39, 0.29) is 21.6 Å². The lowest BCUT2D eigenvalue weighted by molar-refractivity contribution is 0.0977. The van der Waals surface area contributed by atoms with Crippen molar-refractivity contribution in [3.05, 3.63) is 98.8 Å². The summed E-state index contributed by atoms with van der Waals surface area (Å²) >= 11 is 18.5. The number of carbonyl (C=O) groups is 1. The fraction of sp³-hybridized carbons (Fsp3) is 0.259. The van der Waals surface area contributed by atoms with E-state index >= 15 is 0 Å². The zero-order valence-electron chi connectivity index (χ0n) is 18.6. The Hall–Kier alpha value is -2.37. The summed E-state index contributed by atoms with van der Waals surface area (Å²) in [6.07, 6.45) is 6.31. The zero-order valence-corrected chi connectivity index (χ0v) is 20.8. The van der Waals surface area contributed by atoms with Crippen molar-refractivity contribution in [2.24, 2.45) is 0 Å². The Morgan fingerprint density at radius 2 is 1.68 bits per heavy atom. The minimum atomic E-state index is -0.125. The molecule has 2 aliphatic rings. The van der Waals surface area contributed by atoms with Crippen molar-refractivity contribution < 1.29 is 4.79 Å². The normalized spacial score (nSPS) is 17.4. The predicted molar refractivity (Wildman–Crippen MR) is 140 cm³/mol. The second-order valence-electron chi connectivity index (χ2n) is 8.95. The van der Waals surface area contributed by atoms with Crippen LogP contribution in [0.5, 0.6) is 0 Å². The second kappa shape index (κ2) is 9.71. The van der Waals surface area contributed by atoms with Gasteiger partial charge in [-0.3, -0.25) is 9.69 Å². The van der Waals surface area contributed by atoms with Crippen LogP contribution in [0.1, 0.15) is 34.3 Å². The average molecular weight is 513 g/mol. The fourth-order valence-corrected chi connectivity index (χ4v) is 5.69. The molecule has 174 valence electrons. The first kappa shape index (κ1) is 23.4. The van der Waals surface area contributed by atoms with Crippen molar-refractivity contribution >= 4 is 52.5 Å². The van der Waals surface area contributed by atoms with Gasteiger partial charge in [-0.15, -0.1) is 0 Å². The molecule has 1 fully saturated rings. The molecule has 1 amide bonds. The first-order valence-electron chi connectivity index (χ1n) is 11.3. The summed E-state index contributed by atoms with van der Waals surface area (Å²) in [6.45, 7) is 3.44. The summed E-state index contributed by atoms with van der Waals surface area (Å²) in [5.41, 5.74) is 3.60. The monoisotopic (exact) mass is 511 g/mol. The first-order chi connectivity index (χ1) is 16.4. The third-order valence-electron chi connectivity index (χ3n) is 6.82. The molecule has 3 aromatic rings. The number of amides is 1. The van der Waals surface area contributed by atoms with Gasteiger partial charge in [0.15, 0.2) is 0 Å². The maximum Gasteiger partial charge on any atom is 0.258 e. The predicted octanol–water partition coefficient (Wildman–Crippen LogP) is 6.75. The van der Waals surface area contributed by atoms with E-state index in [1.165, 1.54) is 5.56 Å². The molecule has 0 saturated carbocycles. The number of hydrogen-bond acceptors (Lipinski definition) is 3. The molecule has 1 aromatic heterocycles. The van der Waals surface area contributed by atoms with Gasteiger partial charge in [0.05, 0.1) is 0 Å². The van der Waals surface area contributed by atoms with Gasteiger partial charge in [-0.2, -0.15) is 0 Å². The molecule has 0 atom stereocenters. The topological polar surface area (TPSA) is 36.4 Å². The highest BCUT2D eigenvalue weighted by molar-refractivity contribution is 6.33. The van der Waals surface area contributed by atoms with Gasteiger partial charge in [0, 0.05) is 34.8 Å². The number of fused-ring (bicyclic) bond motifs is 2. The van der Waals surface area contributed by atoms with Crippen LogP contribution in [0.3, 0.4) is 0 Å². The van der Waals surface area contributed by atoms with Crippen LogP contribution in [0, 0.1) is 0 Å². The number of nitrogens with zero attached hydrogens (tertiary/aromatic N) is 3. The SMILES string of the molecule is O=C(c1cc(Cl)nc(Cl)c1)N1CC2(CCN(CC=Cc3ccccc3)CC2)c2cc(Cl)ccc21. The molecule has 7 heteroatoms. The van der Waals surface area contributed by atoms with Gasteiger partial charge in [-0.1, -0.05) is 77.3 Å². The molecule has 2 aliphatic heterocycles. The molecule has 4 nitrogen and oxygen atoms in total. The van der Waals surface area contributed by atoms with Crippen LogP contribution >= 0.6 is 34.8 Å². The molecule has 0 aliphatic carbocycles. The first-order valence-corrected chi connectivity index (χ1v) is 12.5. The minimum absolute atomic E-state index is 0.115. The Morgan fingerprint density at radius 3 is 2.38 bits per heavy atom. The summed E-state index contributed by atoms with van der Waals surface area (Å²) in [5.74, 6) is -0.125. The second-order valence-corrected chi connectivity index (χ2v) is 10.2. The van der Waals surface area contributed by atoms with Crippen molar-refractivity contribution in [1.29, 1.82) is 0 Å². The third kappa shape index (κ3) is 4.73. The number of carbonyl (C=O) groups excluding carboxylic acids is 1. The molecule has 0 bridgehead atoms. The van der Waals surface area contributed by atoms with Crippen LogP contribution in [0.15, 0.2) is 66.7 Å². The molecule has 1 spiro atoms. The quantitative estimate of drug-likeness (QED) is 0.363. The van der Waals surface area contributed by atoms with Crippen LogP contribution in [-0.4, -0.2) is 42.0 Å². The number of pyridine rings is 1. The lowest BCUT2D eigenvalue weighted by Crippen LogP contribution is -2.46. The number of rotatable bonds is 4. The Kier molecular flexibility index (Phi) is 6.67. The highest BCUT2D eigenvalue weighted by Gasteiger charge is 2.46. The summed E-state index contributed by atoms with van der Waals surface area (Å²) in [7, 11) is 0. The molecule has 5 rings (SSSR count). The molecule has 2 aromatic carbocycles. The van der Waals surface area contributed by atoms with Crippen molar-refractivity contribution in [3.63, 3.8) is 0 Å². The minimum Gasteiger partial charge on any atom is -0.307 e. The van der Waals surface area contributed by atoms with E-state index in [9.17, 15) is 4.79 Å². The van der Waals surface area contributed by atoms with E-state index in [0.29, 0.717) is 17.1 Å². The lowest BCUT2D eigenvalue weighted by Gasteiger charge is -2.39. The van der Waals surface area contributed by atoms with E-state index in [1.54, 1.807) is 12.1 Å². The van der Waals surface area contributed by atoms with Gasteiger partial charge in [0.25, 0.3) is 5.91 Å². The Balaban J connectivity index is 1.34. The summed E-state index contributed by atoms with van der Waals surface area (Å²) < 4.78 is 0. The van der Waals surface area contributed by atoms with Crippen molar-refractivity contribution in [2.45, 2.75) is 18.3 Å². The van der Waals surface area contributed by atoms with Gasteiger partial charge in [0.1, 0.15) is 10.3 Å². The molecule has 0 radical (unpaired) electrons. The molecule has 1 saturated heterocycles. The van der Waals surface area contributed by atoms with E-state index in [1.807, 2.05) is 41.3 Å². The molecular weight excluding hydrogens is 489 g/mol.